The van der Waals surface area contributed by atoms with Gasteiger partial charge in [0.25, 0.3) is 5.91 Å². The van der Waals surface area contributed by atoms with Crippen molar-refractivity contribution in [3.05, 3.63) is 46.7 Å². The summed E-state index contributed by atoms with van der Waals surface area (Å²) in [5.74, 6) is 0.577. The molecule has 3 rings (SSSR count). The summed E-state index contributed by atoms with van der Waals surface area (Å²) in [4.78, 5) is 15.1. The summed E-state index contributed by atoms with van der Waals surface area (Å²) >= 11 is 6.12. The SMILES string of the molecule is CC(C)c1c(C(=O)N2CC(CN)CC2C)cnn1-c1cccc(Cl)c1. The summed E-state index contributed by atoms with van der Waals surface area (Å²) in [6.45, 7) is 7.57. The van der Waals surface area contributed by atoms with Crippen molar-refractivity contribution in [2.75, 3.05) is 13.1 Å². The zero-order chi connectivity index (χ0) is 18.1. The van der Waals surface area contributed by atoms with Gasteiger partial charge >= 0.3 is 0 Å². The van der Waals surface area contributed by atoms with Crippen LogP contribution >= 0.6 is 11.6 Å². The lowest BCUT2D eigenvalue weighted by Crippen LogP contribution is -2.35. The molecular weight excluding hydrogens is 336 g/mol. The standard InChI is InChI=1S/C19H25ClN4O/c1-12(2)18-17(19(25)23-11-14(9-21)7-13(23)3)10-22-24(18)16-6-4-5-15(20)8-16/h4-6,8,10,12-14H,7,9,11,21H2,1-3H3. The number of likely N-dealkylation sites (tertiary alicyclic amines) is 1. The first-order valence-corrected chi connectivity index (χ1v) is 9.15. The van der Waals surface area contributed by atoms with Crippen LogP contribution in [-0.4, -0.2) is 39.7 Å². The molecule has 1 amide bonds. The third-order valence-electron chi connectivity index (χ3n) is 4.89. The fourth-order valence-electron chi connectivity index (χ4n) is 3.64. The quantitative estimate of drug-likeness (QED) is 0.908. The molecule has 5 nitrogen and oxygen atoms in total. The highest BCUT2D eigenvalue weighted by Crippen LogP contribution is 2.29. The normalized spacial score (nSPS) is 20.5. The van der Waals surface area contributed by atoms with Gasteiger partial charge in [-0.1, -0.05) is 31.5 Å². The van der Waals surface area contributed by atoms with E-state index < -0.39 is 0 Å². The zero-order valence-electron chi connectivity index (χ0n) is 14.9. The minimum atomic E-state index is 0.0421. The van der Waals surface area contributed by atoms with Crippen LogP contribution in [0.15, 0.2) is 30.5 Å². The molecule has 1 aliphatic rings. The van der Waals surface area contributed by atoms with E-state index in [2.05, 4.69) is 25.9 Å². The summed E-state index contributed by atoms with van der Waals surface area (Å²) in [5.41, 5.74) is 8.25. The van der Waals surface area contributed by atoms with Crippen LogP contribution in [0.4, 0.5) is 0 Å². The second-order valence-corrected chi connectivity index (χ2v) is 7.57. The number of aromatic nitrogens is 2. The largest absolute Gasteiger partial charge is 0.335 e. The second kappa shape index (κ2) is 7.18. The number of benzene rings is 1. The minimum absolute atomic E-state index is 0.0421. The Morgan fingerprint density at radius 1 is 1.44 bits per heavy atom. The van der Waals surface area contributed by atoms with Gasteiger partial charge in [-0.2, -0.15) is 5.10 Å². The monoisotopic (exact) mass is 360 g/mol. The van der Waals surface area contributed by atoms with Crippen LogP contribution in [0.5, 0.6) is 0 Å². The molecule has 0 radical (unpaired) electrons. The fourth-order valence-corrected chi connectivity index (χ4v) is 3.83. The number of carbonyl (C=O) groups excluding carboxylic acids is 1. The minimum Gasteiger partial charge on any atom is -0.335 e. The summed E-state index contributed by atoms with van der Waals surface area (Å²) in [7, 11) is 0. The van der Waals surface area contributed by atoms with E-state index in [0.717, 1.165) is 24.3 Å². The first-order chi connectivity index (χ1) is 11.9. The average Bonchev–Trinajstić information content (AvgIpc) is 3.18. The Morgan fingerprint density at radius 3 is 2.80 bits per heavy atom. The van der Waals surface area contributed by atoms with E-state index in [0.29, 0.717) is 23.0 Å². The third kappa shape index (κ3) is 3.44. The number of hydrogen-bond donors (Lipinski definition) is 1. The molecule has 1 aromatic heterocycles. The van der Waals surface area contributed by atoms with Gasteiger partial charge in [-0.05, 0) is 49.9 Å². The van der Waals surface area contributed by atoms with E-state index in [4.69, 9.17) is 17.3 Å². The summed E-state index contributed by atoms with van der Waals surface area (Å²) in [6, 6.07) is 7.73. The summed E-state index contributed by atoms with van der Waals surface area (Å²) in [5, 5.41) is 5.14. The van der Waals surface area contributed by atoms with E-state index in [1.165, 1.54) is 0 Å². The van der Waals surface area contributed by atoms with Crippen molar-refractivity contribution in [1.82, 2.24) is 14.7 Å². The van der Waals surface area contributed by atoms with E-state index in [-0.39, 0.29) is 17.9 Å². The maximum atomic E-state index is 13.2. The molecule has 1 aromatic carbocycles. The van der Waals surface area contributed by atoms with E-state index >= 15 is 0 Å². The topological polar surface area (TPSA) is 64.2 Å². The molecule has 2 heterocycles. The van der Waals surface area contributed by atoms with Gasteiger partial charge in [0.2, 0.25) is 0 Å². The Bertz CT molecular complexity index is 771. The molecule has 0 bridgehead atoms. The maximum Gasteiger partial charge on any atom is 0.257 e. The molecule has 134 valence electrons. The molecule has 2 N–H and O–H groups in total. The predicted molar refractivity (Wildman–Crippen MR) is 100 cm³/mol. The van der Waals surface area contributed by atoms with Crippen molar-refractivity contribution in [2.24, 2.45) is 11.7 Å². The number of amides is 1. The highest BCUT2D eigenvalue weighted by Gasteiger charge is 2.34. The molecule has 1 aliphatic heterocycles. The first kappa shape index (κ1) is 18.0. The Kier molecular flexibility index (Phi) is 5.16. The van der Waals surface area contributed by atoms with Gasteiger partial charge in [0.1, 0.15) is 0 Å². The molecule has 0 aliphatic carbocycles. The lowest BCUT2D eigenvalue weighted by Gasteiger charge is -2.22. The number of nitrogens with two attached hydrogens (primary N) is 1. The Morgan fingerprint density at radius 2 is 2.20 bits per heavy atom. The van der Waals surface area contributed by atoms with Crippen LogP contribution in [0, 0.1) is 5.92 Å². The van der Waals surface area contributed by atoms with Crippen LogP contribution in [0.25, 0.3) is 5.69 Å². The molecule has 2 unspecified atom stereocenters. The van der Waals surface area contributed by atoms with Crippen molar-refractivity contribution in [3.63, 3.8) is 0 Å². The Balaban J connectivity index is 1.99. The highest BCUT2D eigenvalue weighted by molar-refractivity contribution is 6.30. The maximum absolute atomic E-state index is 13.2. The molecule has 0 spiro atoms. The summed E-state index contributed by atoms with van der Waals surface area (Å²) in [6.07, 6.45) is 2.64. The Labute approximate surface area is 153 Å². The van der Waals surface area contributed by atoms with Gasteiger partial charge in [-0.15, -0.1) is 0 Å². The van der Waals surface area contributed by atoms with E-state index in [1.807, 2.05) is 33.8 Å². The van der Waals surface area contributed by atoms with E-state index in [9.17, 15) is 4.79 Å². The molecule has 0 saturated carbocycles. The molecule has 1 fully saturated rings. The van der Waals surface area contributed by atoms with Gasteiger partial charge in [-0.25, -0.2) is 4.68 Å². The number of halogens is 1. The van der Waals surface area contributed by atoms with E-state index in [1.54, 1.807) is 6.20 Å². The van der Waals surface area contributed by atoms with Gasteiger partial charge in [-0.3, -0.25) is 4.79 Å². The molecule has 6 heteroatoms. The highest BCUT2D eigenvalue weighted by atomic mass is 35.5. The van der Waals surface area contributed by atoms with Crippen molar-refractivity contribution in [1.29, 1.82) is 0 Å². The first-order valence-electron chi connectivity index (χ1n) is 8.77. The number of rotatable bonds is 4. The van der Waals surface area contributed by atoms with Gasteiger partial charge < -0.3 is 10.6 Å². The van der Waals surface area contributed by atoms with Crippen LogP contribution < -0.4 is 5.73 Å². The smallest absolute Gasteiger partial charge is 0.257 e. The summed E-state index contributed by atoms with van der Waals surface area (Å²) < 4.78 is 1.82. The van der Waals surface area contributed by atoms with Crippen molar-refractivity contribution >= 4 is 17.5 Å². The van der Waals surface area contributed by atoms with Crippen LogP contribution in [0.3, 0.4) is 0 Å². The van der Waals surface area contributed by atoms with Crippen LogP contribution in [0.2, 0.25) is 5.02 Å². The Hall–Kier alpha value is -1.85. The van der Waals surface area contributed by atoms with Crippen LogP contribution in [-0.2, 0) is 0 Å². The molecular formula is C19H25ClN4O. The predicted octanol–water partition coefficient (Wildman–Crippen LogP) is 3.46. The van der Waals surface area contributed by atoms with Crippen molar-refractivity contribution < 1.29 is 4.79 Å². The lowest BCUT2D eigenvalue weighted by molar-refractivity contribution is 0.0742. The van der Waals surface area contributed by atoms with Crippen molar-refractivity contribution in [3.8, 4) is 5.69 Å². The lowest BCUT2D eigenvalue weighted by atomic mass is 10.0. The number of nitrogens with zero attached hydrogens (tertiary/aromatic N) is 3. The number of hydrogen-bond acceptors (Lipinski definition) is 3. The van der Waals surface area contributed by atoms with Crippen molar-refractivity contribution in [2.45, 2.75) is 39.2 Å². The fraction of sp³-hybridized carbons (Fsp3) is 0.474. The number of carbonyl (C=O) groups is 1. The van der Waals surface area contributed by atoms with Gasteiger partial charge in [0.15, 0.2) is 0 Å². The molecule has 1 saturated heterocycles. The second-order valence-electron chi connectivity index (χ2n) is 7.13. The zero-order valence-corrected chi connectivity index (χ0v) is 15.7. The van der Waals surface area contributed by atoms with Gasteiger partial charge in [0, 0.05) is 17.6 Å². The molecule has 25 heavy (non-hydrogen) atoms. The molecule has 2 aromatic rings. The van der Waals surface area contributed by atoms with Gasteiger partial charge in [0.05, 0.1) is 23.1 Å². The molecule has 2 atom stereocenters. The average molecular weight is 361 g/mol. The van der Waals surface area contributed by atoms with Crippen LogP contribution in [0.1, 0.15) is 49.2 Å². The third-order valence-corrected chi connectivity index (χ3v) is 5.13.